The van der Waals surface area contributed by atoms with Crippen molar-refractivity contribution in [1.82, 2.24) is 15.5 Å². The number of carbonyl (C=O) groups excluding carboxylic acids is 1. The minimum Gasteiger partial charge on any atom is -0.480 e. The molecule has 0 saturated heterocycles. The normalized spacial score (nSPS) is 11.9. The fourth-order valence-corrected chi connectivity index (χ4v) is 1.60. The minimum absolute atomic E-state index is 0.353. The molecule has 1 atom stereocenters. The van der Waals surface area contributed by atoms with E-state index in [9.17, 15) is 9.59 Å². The third-order valence-corrected chi connectivity index (χ3v) is 2.89. The van der Waals surface area contributed by atoms with E-state index in [-0.39, 0.29) is 6.03 Å². The van der Waals surface area contributed by atoms with Gasteiger partial charge in [-0.1, -0.05) is 0 Å². The second-order valence-electron chi connectivity index (χ2n) is 3.65. The third kappa shape index (κ3) is 7.06. The van der Waals surface area contributed by atoms with Gasteiger partial charge in [0.2, 0.25) is 0 Å². The summed E-state index contributed by atoms with van der Waals surface area (Å²) in [5.41, 5.74) is 0. The van der Waals surface area contributed by atoms with Crippen molar-refractivity contribution in [2.24, 2.45) is 0 Å². The topological polar surface area (TPSA) is 81.7 Å². The monoisotopic (exact) mass is 263 g/mol. The Hall–Kier alpha value is -0.950. The molecule has 0 aliphatic rings. The number of aliphatic carboxylic acids is 1. The number of rotatable bonds is 8. The summed E-state index contributed by atoms with van der Waals surface area (Å²) < 4.78 is 0. The lowest BCUT2D eigenvalue weighted by Crippen LogP contribution is -2.48. The van der Waals surface area contributed by atoms with E-state index in [1.807, 2.05) is 6.26 Å². The van der Waals surface area contributed by atoms with E-state index >= 15 is 0 Å². The van der Waals surface area contributed by atoms with Crippen molar-refractivity contribution in [3.63, 3.8) is 0 Å². The van der Waals surface area contributed by atoms with Gasteiger partial charge < -0.3 is 20.6 Å². The molecule has 0 aliphatic heterocycles. The van der Waals surface area contributed by atoms with Crippen LogP contribution in [0.15, 0.2) is 0 Å². The van der Waals surface area contributed by atoms with Crippen LogP contribution in [0.1, 0.15) is 6.42 Å². The molecule has 0 aromatic carbocycles. The van der Waals surface area contributed by atoms with Gasteiger partial charge in [0.15, 0.2) is 0 Å². The summed E-state index contributed by atoms with van der Waals surface area (Å²) in [6, 6.07) is -1.17. The van der Waals surface area contributed by atoms with Gasteiger partial charge in [-0.05, 0) is 25.5 Å². The van der Waals surface area contributed by atoms with Gasteiger partial charge in [-0.2, -0.15) is 11.8 Å². The SMILES string of the molecule is CNCCN(C)C(=O)N[C@H](CCSC)C(=O)O. The molecule has 0 radical (unpaired) electrons. The van der Waals surface area contributed by atoms with Crippen molar-refractivity contribution in [3.8, 4) is 0 Å². The van der Waals surface area contributed by atoms with Gasteiger partial charge >= 0.3 is 12.0 Å². The van der Waals surface area contributed by atoms with Crippen LogP contribution in [0, 0.1) is 0 Å². The fraction of sp³-hybridized carbons (Fsp3) is 0.800. The highest BCUT2D eigenvalue weighted by Gasteiger charge is 2.20. The number of carboxylic acids is 1. The second-order valence-corrected chi connectivity index (χ2v) is 4.63. The van der Waals surface area contributed by atoms with E-state index in [1.54, 1.807) is 25.9 Å². The molecule has 0 saturated carbocycles. The van der Waals surface area contributed by atoms with Crippen LogP contribution in [0.4, 0.5) is 4.79 Å². The first kappa shape index (κ1) is 16.1. The molecule has 7 heteroatoms. The maximum absolute atomic E-state index is 11.6. The number of nitrogens with one attached hydrogen (secondary N) is 2. The number of amides is 2. The highest BCUT2D eigenvalue weighted by atomic mass is 32.2. The first-order valence-corrected chi connectivity index (χ1v) is 6.80. The standard InChI is InChI=1S/C10H21N3O3S/c1-11-5-6-13(2)10(16)12-8(9(14)15)4-7-17-3/h8,11H,4-7H2,1-3H3,(H,12,16)(H,14,15)/t8-/m1/s1. The molecule has 0 spiro atoms. The van der Waals surface area contributed by atoms with Crippen molar-refractivity contribution >= 4 is 23.8 Å². The van der Waals surface area contributed by atoms with E-state index < -0.39 is 12.0 Å². The molecular formula is C10H21N3O3S. The maximum atomic E-state index is 11.6. The summed E-state index contributed by atoms with van der Waals surface area (Å²) in [6.07, 6.45) is 2.34. The number of carbonyl (C=O) groups is 2. The molecule has 17 heavy (non-hydrogen) atoms. The van der Waals surface area contributed by atoms with E-state index in [1.165, 1.54) is 4.90 Å². The Kier molecular flexibility index (Phi) is 8.61. The van der Waals surface area contributed by atoms with E-state index in [0.29, 0.717) is 25.3 Å². The molecule has 2 amide bonds. The number of hydrogen-bond acceptors (Lipinski definition) is 4. The van der Waals surface area contributed by atoms with E-state index in [2.05, 4.69) is 10.6 Å². The van der Waals surface area contributed by atoms with Gasteiger partial charge in [0.05, 0.1) is 0 Å². The van der Waals surface area contributed by atoms with Crippen molar-refractivity contribution in [1.29, 1.82) is 0 Å². The molecule has 0 heterocycles. The molecule has 0 aliphatic carbocycles. The quantitative estimate of drug-likeness (QED) is 0.576. The number of nitrogens with zero attached hydrogens (tertiary/aromatic N) is 1. The van der Waals surface area contributed by atoms with Crippen molar-refractivity contribution < 1.29 is 14.7 Å². The Bertz CT molecular complexity index is 251. The van der Waals surface area contributed by atoms with Gasteiger partial charge in [-0.15, -0.1) is 0 Å². The molecule has 100 valence electrons. The summed E-state index contributed by atoms with van der Waals surface area (Å²) in [6.45, 7) is 1.21. The molecule has 6 nitrogen and oxygen atoms in total. The van der Waals surface area contributed by atoms with Gasteiger partial charge in [-0.25, -0.2) is 9.59 Å². The Morgan fingerprint density at radius 1 is 1.47 bits per heavy atom. The zero-order chi connectivity index (χ0) is 13.3. The predicted octanol–water partition coefficient (Wildman–Crippen LogP) is 0.0535. The van der Waals surface area contributed by atoms with Crippen LogP contribution in [0.25, 0.3) is 0 Å². The zero-order valence-electron chi connectivity index (χ0n) is 10.5. The van der Waals surface area contributed by atoms with Crippen LogP contribution in [0.3, 0.4) is 0 Å². The Morgan fingerprint density at radius 2 is 2.12 bits per heavy atom. The number of urea groups is 1. The van der Waals surface area contributed by atoms with Crippen LogP contribution in [-0.4, -0.2) is 67.2 Å². The van der Waals surface area contributed by atoms with Crippen LogP contribution < -0.4 is 10.6 Å². The Labute approximate surface area is 106 Å². The maximum Gasteiger partial charge on any atom is 0.326 e. The summed E-state index contributed by atoms with van der Waals surface area (Å²) in [7, 11) is 3.43. The lowest BCUT2D eigenvalue weighted by atomic mass is 10.2. The average Bonchev–Trinajstić information content (AvgIpc) is 2.30. The minimum atomic E-state index is -0.991. The zero-order valence-corrected chi connectivity index (χ0v) is 11.3. The van der Waals surface area contributed by atoms with Gasteiger partial charge in [-0.3, -0.25) is 0 Å². The summed E-state index contributed by atoms with van der Waals surface area (Å²) >= 11 is 1.56. The molecule has 0 aromatic rings. The number of thioether (sulfide) groups is 1. The highest BCUT2D eigenvalue weighted by Crippen LogP contribution is 2.01. The van der Waals surface area contributed by atoms with Crippen molar-refractivity contribution in [2.45, 2.75) is 12.5 Å². The number of carboxylic acid groups (broad SMARTS) is 1. The summed E-state index contributed by atoms with van der Waals surface area (Å²) in [4.78, 5) is 24.0. The van der Waals surface area contributed by atoms with E-state index in [4.69, 9.17) is 5.11 Å². The van der Waals surface area contributed by atoms with Crippen molar-refractivity contribution in [2.75, 3.05) is 39.2 Å². The molecular weight excluding hydrogens is 242 g/mol. The third-order valence-electron chi connectivity index (χ3n) is 2.25. The Balaban J connectivity index is 4.15. The molecule has 0 aromatic heterocycles. The number of hydrogen-bond donors (Lipinski definition) is 3. The number of likely N-dealkylation sites (N-methyl/N-ethyl adjacent to an activating group) is 2. The van der Waals surface area contributed by atoms with Crippen LogP contribution in [0.2, 0.25) is 0 Å². The fourth-order valence-electron chi connectivity index (χ4n) is 1.13. The molecule has 0 fully saturated rings. The smallest absolute Gasteiger partial charge is 0.326 e. The van der Waals surface area contributed by atoms with Crippen molar-refractivity contribution in [3.05, 3.63) is 0 Å². The summed E-state index contributed by atoms with van der Waals surface area (Å²) in [5.74, 6) is -0.285. The molecule has 0 rings (SSSR count). The van der Waals surface area contributed by atoms with Crippen LogP contribution >= 0.6 is 11.8 Å². The van der Waals surface area contributed by atoms with Gasteiger partial charge in [0, 0.05) is 20.1 Å². The molecule has 0 bridgehead atoms. The largest absolute Gasteiger partial charge is 0.480 e. The first-order chi connectivity index (χ1) is 8.02. The second kappa shape index (κ2) is 9.12. The Morgan fingerprint density at radius 3 is 2.59 bits per heavy atom. The lowest BCUT2D eigenvalue weighted by Gasteiger charge is -2.21. The summed E-state index contributed by atoms with van der Waals surface area (Å²) in [5, 5.41) is 14.4. The lowest BCUT2D eigenvalue weighted by molar-refractivity contribution is -0.139. The van der Waals surface area contributed by atoms with Gasteiger partial charge in [0.1, 0.15) is 6.04 Å². The van der Waals surface area contributed by atoms with Gasteiger partial charge in [0.25, 0.3) is 0 Å². The van der Waals surface area contributed by atoms with Crippen LogP contribution in [-0.2, 0) is 4.79 Å². The first-order valence-electron chi connectivity index (χ1n) is 5.40. The highest BCUT2D eigenvalue weighted by molar-refractivity contribution is 7.98. The average molecular weight is 263 g/mol. The van der Waals surface area contributed by atoms with Crippen LogP contribution in [0.5, 0.6) is 0 Å². The predicted molar refractivity (Wildman–Crippen MR) is 69.5 cm³/mol. The molecule has 3 N–H and O–H groups in total. The molecule has 0 unspecified atom stereocenters. The van der Waals surface area contributed by atoms with E-state index in [0.717, 1.165) is 0 Å².